The first kappa shape index (κ1) is 19.4. The van der Waals surface area contributed by atoms with Crippen molar-refractivity contribution >= 4 is 12.2 Å². The van der Waals surface area contributed by atoms with Crippen LogP contribution in [0, 0.1) is 0 Å². The van der Waals surface area contributed by atoms with Crippen molar-refractivity contribution in [3.05, 3.63) is 35.5 Å². The molecule has 0 unspecified atom stereocenters. The monoisotopic (exact) mass is 291 g/mol. The van der Waals surface area contributed by atoms with Crippen molar-refractivity contribution in [3.8, 4) is 0 Å². The second-order valence-electron chi connectivity index (χ2n) is 5.91. The second-order valence-corrected chi connectivity index (χ2v) is 5.91. The summed E-state index contributed by atoms with van der Waals surface area (Å²) >= 11 is 0. The van der Waals surface area contributed by atoms with Crippen LogP contribution in [0.2, 0.25) is 0 Å². The van der Waals surface area contributed by atoms with E-state index in [1.165, 1.54) is 5.57 Å². The lowest BCUT2D eigenvalue weighted by Crippen LogP contribution is -2.41. The molecule has 0 aromatic carbocycles. The normalized spacial score (nSPS) is 13.3. The molecule has 0 aliphatic heterocycles. The van der Waals surface area contributed by atoms with Gasteiger partial charge < -0.3 is 4.90 Å². The molecule has 0 spiro atoms. The number of hydrogen-bond donors (Lipinski definition) is 0. The van der Waals surface area contributed by atoms with Crippen LogP contribution in [-0.4, -0.2) is 29.2 Å². The number of carbonyl (C=O) groups is 2. The average molecular weight is 291 g/mol. The van der Waals surface area contributed by atoms with Crippen LogP contribution in [0.15, 0.2) is 35.5 Å². The maximum absolute atomic E-state index is 12.1. The lowest BCUT2D eigenvalue weighted by atomic mass is 10.1. The van der Waals surface area contributed by atoms with Gasteiger partial charge >= 0.3 is 0 Å². The third-order valence-electron chi connectivity index (χ3n) is 3.18. The SMILES string of the molecule is C/C(C=O)=C\CC/C(C)=C/C=C/C(=O)N(C(C)C)C(C)C. The number of allylic oxidation sites excluding steroid dienone is 5. The Morgan fingerprint density at radius 1 is 1.10 bits per heavy atom. The highest BCUT2D eigenvalue weighted by Gasteiger charge is 2.16. The van der Waals surface area contributed by atoms with Gasteiger partial charge in [-0.25, -0.2) is 0 Å². The average Bonchev–Trinajstić information content (AvgIpc) is 2.37. The molecule has 0 aliphatic carbocycles. The molecule has 0 aromatic heterocycles. The first-order valence-electron chi connectivity index (χ1n) is 7.57. The molecule has 0 heterocycles. The van der Waals surface area contributed by atoms with Crippen molar-refractivity contribution < 1.29 is 9.59 Å². The van der Waals surface area contributed by atoms with E-state index >= 15 is 0 Å². The van der Waals surface area contributed by atoms with E-state index in [9.17, 15) is 9.59 Å². The van der Waals surface area contributed by atoms with Gasteiger partial charge in [-0.05, 0) is 60.0 Å². The van der Waals surface area contributed by atoms with Gasteiger partial charge in [0.1, 0.15) is 6.29 Å². The summed E-state index contributed by atoms with van der Waals surface area (Å²) in [5.41, 5.74) is 1.95. The summed E-state index contributed by atoms with van der Waals surface area (Å²) in [6.45, 7) is 11.9. The molecule has 0 aliphatic rings. The molecule has 0 saturated heterocycles. The summed E-state index contributed by atoms with van der Waals surface area (Å²) in [6, 6.07) is 0.396. The van der Waals surface area contributed by atoms with Gasteiger partial charge in [0.25, 0.3) is 0 Å². The van der Waals surface area contributed by atoms with E-state index in [1.54, 1.807) is 13.0 Å². The molecule has 3 heteroatoms. The van der Waals surface area contributed by atoms with Crippen molar-refractivity contribution in [1.29, 1.82) is 0 Å². The van der Waals surface area contributed by atoms with E-state index in [0.717, 1.165) is 24.7 Å². The van der Waals surface area contributed by atoms with Gasteiger partial charge in [-0.3, -0.25) is 9.59 Å². The predicted octanol–water partition coefficient (Wildman–Crippen LogP) is 4.06. The Hall–Kier alpha value is -1.64. The van der Waals surface area contributed by atoms with E-state index < -0.39 is 0 Å². The Balaban J connectivity index is 4.50. The topological polar surface area (TPSA) is 37.4 Å². The standard InChI is InChI=1S/C18H29NO2/c1-14(2)19(15(3)4)18(21)12-8-10-16(5)9-7-11-17(6)13-20/h8,10-15H,7,9H2,1-6H3/b12-8+,16-10+,17-11+. The minimum absolute atomic E-state index is 0.0424. The highest BCUT2D eigenvalue weighted by molar-refractivity contribution is 5.88. The Bertz CT molecular complexity index is 420. The summed E-state index contributed by atoms with van der Waals surface area (Å²) in [7, 11) is 0. The van der Waals surface area contributed by atoms with Crippen LogP contribution in [0.3, 0.4) is 0 Å². The molecule has 3 nitrogen and oxygen atoms in total. The zero-order valence-electron chi connectivity index (χ0n) is 14.2. The zero-order valence-corrected chi connectivity index (χ0v) is 14.2. The summed E-state index contributed by atoms with van der Waals surface area (Å²) in [4.78, 5) is 24.4. The smallest absolute Gasteiger partial charge is 0.247 e. The fourth-order valence-corrected chi connectivity index (χ4v) is 2.14. The van der Waals surface area contributed by atoms with Gasteiger partial charge in [-0.2, -0.15) is 0 Å². The lowest BCUT2D eigenvalue weighted by molar-refractivity contribution is -0.129. The lowest BCUT2D eigenvalue weighted by Gasteiger charge is -2.29. The molecular formula is C18H29NO2. The Morgan fingerprint density at radius 2 is 1.67 bits per heavy atom. The summed E-state index contributed by atoms with van der Waals surface area (Å²) < 4.78 is 0. The van der Waals surface area contributed by atoms with Crippen LogP contribution in [-0.2, 0) is 9.59 Å². The van der Waals surface area contributed by atoms with Gasteiger partial charge in [0, 0.05) is 18.2 Å². The van der Waals surface area contributed by atoms with Gasteiger partial charge in [-0.1, -0.05) is 23.8 Å². The Morgan fingerprint density at radius 3 is 2.14 bits per heavy atom. The highest BCUT2D eigenvalue weighted by atomic mass is 16.2. The molecular weight excluding hydrogens is 262 g/mol. The molecule has 0 radical (unpaired) electrons. The number of rotatable bonds is 8. The first-order chi connectivity index (χ1) is 9.79. The zero-order chi connectivity index (χ0) is 16.4. The quantitative estimate of drug-likeness (QED) is 0.384. The van der Waals surface area contributed by atoms with E-state index in [-0.39, 0.29) is 18.0 Å². The molecule has 0 fully saturated rings. The third-order valence-corrected chi connectivity index (χ3v) is 3.18. The largest absolute Gasteiger partial charge is 0.334 e. The minimum Gasteiger partial charge on any atom is -0.334 e. The molecule has 0 bridgehead atoms. The maximum Gasteiger partial charge on any atom is 0.247 e. The molecule has 0 rings (SSSR count). The van der Waals surface area contributed by atoms with Crippen LogP contribution in [0.4, 0.5) is 0 Å². The number of carbonyl (C=O) groups excluding carboxylic acids is 2. The molecule has 118 valence electrons. The van der Waals surface area contributed by atoms with Gasteiger partial charge in [-0.15, -0.1) is 0 Å². The Labute approximate surface area is 129 Å². The number of nitrogens with zero attached hydrogens (tertiary/aromatic N) is 1. The number of aldehydes is 1. The summed E-state index contributed by atoms with van der Waals surface area (Å²) in [5.74, 6) is 0.0424. The van der Waals surface area contributed by atoms with E-state index in [4.69, 9.17) is 0 Å². The maximum atomic E-state index is 12.1. The van der Waals surface area contributed by atoms with Crippen LogP contribution in [0.5, 0.6) is 0 Å². The highest BCUT2D eigenvalue weighted by Crippen LogP contribution is 2.08. The Kier molecular flexibility index (Phi) is 9.35. The summed E-state index contributed by atoms with van der Waals surface area (Å²) in [6.07, 6.45) is 9.92. The minimum atomic E-state index is 0.0424. The summed E-state index contributed by atoms with van der Waals surface area (Å²) in [5, 5.41) is 0. The van der Waals surface area contributed by atoms with Gasteiger partial charge in [0.2, 0.25) is 5.91 Å². The fourth-order valence-electron chi connectivity index (χ4n) is 2.14. The molecule has 0 N–H and O–H groups in total. The van der Waals surface area contributed by atoms with Crippen LogP contribution in [0.25, 0.3) is 0 Å². The van der Waals surface area contributed by atoms with E-state index in [2.05, 4.69) is 0 Å². The van der Waals surface area contributed by atoms with Gasteiger partial charge in [0.15, 0.2) is 0 Å². The van der Waals surface area contributed by atoms with E-state index in [1.807, 2.05) is 57.7 Å². The first-order valence-corrected chi connectivity index (χ1v) is 7.57. The predicted molar refractivity (Wildman–Crippen MR) is 89.1 cm³/mol. The second kappa shape index (κ2) is 10.1. The fraction of sp³-hybridized carbons (Fsp3) is 0.556. The number of hydrogen-bond acceptors (Lipinski definition) is 2. The van der Waals surface area contributed by atoms with Crippen molar-refractivity contribution in [1.82, 2.24) is 4.90 Å². The van der Waals surface area contributed by atoms with Crippen molar-refractivity contribution in [2.45, 2.75) is 66.5 Å². The van der Waals surface area contributed by atoms with Crippen molar-refractivity contribution in [2.24, 2.45) is 0 Å². The van der Waals surface area contributed by atoms with Crippen LogP contribution >= 0.6 is 0 Å². The molecule has 0 aromatic rings. The number of amides is 1. The molecule has 21 heavy (non-hydrogen) atoms. The van der Waals surface area contributed by atoms with E-state index in [0.29, 0.717) is 0 Å². The molecule has 0 atom stereocenters. The van der Waals surface area contributed by atoms with Crippen LogP contribution in [0.1, 0.15) is 54.4 Å². The molecule has 0 saturated carbocycles. The van der Waals surface area contributed by atoms with Crippen LogP contribution < -0.4 is 0 Å². The third kappa shape index (κ3) is 8.28. The van der Waals surface area contributed by atoms with Gasteiger partial charge in [0.05, 0.1) is 0 Å². The van der Waals surface area contributed by atoms with Crippen molar-refractivity contribution in [3.63, 3.8) is 0 Å². The van der Waals surface area contributed by atoms with Crippen molar-refractivity contribution in [2.75, 3.05) is 0 Å². The molecule has 1 amide bonds.